The van der Waals surface area contributed by atoms with Crippen molar-refractivity contribution in [2.24, 2.45) is 0 Å². The molecular weight excluding hydrogens is 400 g/mol. The molecule has 0 aliphatic heterocycles. The third kappa shape index (κ3) is 6.62. The molecule has 4 rings (SSSR count). The molecule has 160 valence electrons. The fraction of sp³-hybridized carbons (Fsp3) is 0.130. The fourth-order valence-corrected chi connectivity index (χ4v) is 2.92. The van der Waals surface area contributed by atoms with Gasteiger partial charge in [0.05, 0.1) is 0 Å². The quantitative estimate of drug-likeness (QED) is 0.333. The topological polar surface area (TPSA) is 137 Å². The number of benzene rings is 2. The molecule has 2 aromatic heterocycles. The smallest absolute Gasteiger partial charge is 0.373 e. The maximum Gasteiger partial charge on any atom is 0.373 e. The molecule has 8 heteroatoms. The van der Waals surface area contributed by atoms with Gasteiger partial charge in [0.15, 0.2) is 0 Å². The van der Waals surface area contributed by atoms with Gasteiger partial charge in [0, 0.05) is 47.0 Å². The van der Waals surface area contributed by atoms with Gasteiger partial charge in [-0.3, -0.25) is 4.79 Å². The third-order valence-corrected chi connectivity index (χ3v) is 4.24. The van der Waals surface area contributed by atoms with Crippen LogP contribution in [0.15, 0.2) is 60.9 Å². The summed E-state index contributed by atoms with van der Waals surface area (Å²) in [6, 6.07) is 15.4. The summed E-state index contributed by atoms with van der Waals surface area (Å²) in [6.45, 7) is 0. The summed E-state index contributed by atoms with van der Waals surface area (Å²) in [4.78, 5) is 54.1. The second-order valence-corrected chi connectivity index (χ2v) is 6.08. The molecule has 0 spiro atoms. The molecule has 0 amide bonds. The van der Waals surface area contributed by atoms with E-state index in [0.717, 1.165) is 39.2 Å². The fourth-order valence-electron chi connectivity index (χ4n) is 2.92. The Hall–Kier alpha value is -4.29. The largest absolute Gasteiger partial charge is 0.475 e. The lowest BCUT2D eigenvalue weighted by Gasteiger charge is -1.94. The van der Waals surface area contributed by atoms with Crippen LogP contribution in [0.3, 0.4) is 0 Å². The first-order valence-electron chi connectivity index (χ1n) is 8.80. The van der Waals surface area contributed by atoms with E-state index in [-0.39, 0.29) is 20.0 Å². The molecule has 0 aliphatic rings. The van der Waals surface area contributed by atoms with Gasteiger partial charge in [-0.2, -0.15) is 9.59 Å². The molecule has 3 N–H and O–H groups in total. The molecular formula is C23H22N2O6. The monoisotopic (exact) mass is 422 g/mol. The number of carbonyl (C=O) groups is 3. The maximum absolute atomic E-state index is 11.0. The Morgan fingerprint density at radius 2 is 1.32 bits per heavy atom. The van der Waals surface area contributed by atoms with Gasteiger partial charge in [-0.25, -0.2) is 4.79 Å². The van der Waals surface area contributed by atoms with Crippen LogP contribution < -0.4 is 0 Å². The van der Waals surface area contributed by atoms with Gasteiger partial charge in [0.25, 0.3) is 0 Å². The lowest BCUT2D eigenvalue weighted by Crippen LogP contribution is -2.14. The van der Waals surface area contributed by atoms with E-state index in [1.165, 1.54) is 0 Å². The van der Waals surface area contributed by atoms with Crippen molar-refractivity contribution in [3.8, 4) is 0 Å². The Kier molecular flexibility index (Phi) is 9.83. The highest BCUT2D eigenvalue weighted by Crippen LogP contribution is 2.18. The number of hydrogen-bond acceptors (Lipinski definition) is 5. The minimum atomic E-state index is -1.39. The number of fused-ring (bicyclic) bond motifs is 2. The number of Topliss-reactive ketones (excluding diaryl/α,β-unsaturated/α-hetero) is 1. The summed E-state index contributed by atoms with van der Waals surface area (Å²) in [7, 11) is 0. The summed E-state index contributed by atoms with van der Waals surface area (Å²) in [5.41, 5.74) is 3.79. The van der Waals surface area contributed by atoms with E-state index in [2.05, 4.69) is 9.97 Å². The van der Waals surface area contributed by atoms with Crippen LogP contribution in [0.5, 0.6) is 0 Å². The predicted molar refractivity (Wildman–Crippen MR) is 114 cm³/mol. The van der Waals surface area contributed by atoms with Crippen molar-refractivity contribution < 1.29 is 29.1 Å². The van der Waals surface area contributed by atoms with Crippen molar-refractivity contribution in [3.05, 3.63) is 72.1 Å². The normalized spacial score (nSPS) is 9.29. The number of carboxylic acids is 1. The molecule has 0 aliphatic carbocycles. The van der Waals surface area contributed by atoms with Gasteiger partial charge in [-0.1, -0.05) is 43.8 Å². The molecule has 0 bridgehead atoms. The Labute approximate surface area is 177 Å². The van der Waals surface area contributed by atoms with E-state index < -0.39 is 11.8 Å². The lowest BCUT2D eigenvalue weighted by molar-refractivity contribution is -0.191. The van der Waals surface area contributed by atoms with Crippen LogP contribution in [0.1, 0.15) is 18.6 Å². The Bertz CT molecular complexity index is 1200. The van der Waals surface area contributed by atoms with Crippen LogP contribution in [0, 0.1) is 0 Å². The van der Waals surface area contributed by atoms with Crippen LogP contribution in [0.2, 0.25) is 0 Å². The Morgan fingerprint density at radius 3 is 1.81 bits per heavy atom. The SMILES string of the molecule is C.O=C(O)C(=O)Cc1c[nH]c2ccccc12.O=C=O.O=CCc1c[nH]c2ccccc12. The second kappa shape index (κ2) is 12.3. The zero-order chi connectivity index (χ0) is 21.9. The van der Waals surface area contributed by atoms with Gasteiger partial charge in [-0.15, -0.1) is 0 Å². The first kappa shape index (κ1) is 24.7. The zero-order valence-electron chi connectivity index (χ0n) is 15.8. The maximum atomic E-state index is 11.0. The van der Waals surface area contributed by atoms with Crippen molar-refractivity contribution in [2.45, 2.75) is 20.3 Å². The van der Waals surface area contributed by atoms with Crippen molar-refractivity contribution in [2.75, 3.05) is 0 Å². The molecule has 8 nitrogen and oxygen atoms in total. The number of carbonyl (C=O) groups excluding carboxylic acids is 4. The standard InChI is InChI=1S/C11H9NO3.C10H9NO.CO2.CH4/c13-10(11(14)15)5-7-6-12-9-4-2-1-3-8(7)9;12-6-5-8-7-11-10-4-2-1-3-9(8)10;2-1-3;/h1-4,6,12H,5H2,(H,14,15);1-4,6-7,11H,5H2;;1H4. The molecule has 31 heavy (non-hydrogen) atoms. The van der Waals surface area contributed by atoms with Crippen LogP contribution in [0.4, 0.5) is 0 Å². The van der Waals surface area contributed by atoms with Gasteiger partial charge in [0.2, 0.25) is 5.78 Å². The zero-order valence-corrected chi connectivity index (χ0v) is 15.8. The summed E-state index contributed by atoms with van der Waals surface area (Å²) in [5, 5.41) is 10.5. The molecule has 4 aromatic rings. The average molecular weight is 422 g/mol. The number of hydrogen-bond donors (Lipinski definition) is 3. The number of rotatable bonds is 5. The number of para-hydroxylation sites is 2. The molecule has 0 unspecified atom stereocenters. The van der Waals surface area contributed by atoms with Crippen LogP contribution in [-0.2, 0) is 36.8 Å². The first-order valence-corrected chi connectivity index (χ1v) is 8.80. The van der Waals surface area contributed by atoms with Crippen molar-refractivity contribution >= 4 is 46.0 Å². The van der Waals surface area contributed by atoms with Gasteiger partial charge < -0.3 is 19.9 Å². The molecule has 0 atom stereocenters. The third-order valence-electron chi connectivity index (χ3n) is 4.24. The van der Waals surface area contributed by atoms with Gasteiger partial charge in [-0.05, 0) is 23.3 Å². The number of aldehydes is 1. The summed E-state index contributed by atoms with van der Waals surface area (Å²) >= 11 is 0. The number of aromatic nitrogens is 2. The molecule has 0 fully saturated rings. The summed E-state index contributed by atoms with van der Waals surface area (Å²) in [6.07, 6.45) is 5.16. The first-order chi connectivity index (χ1) is 14.5. The number of aromatic amines is 2. The van der Waals surface area contributed by atoms with E-state index in [4.69, 9.17) is 14.7 Å². The van der Waals surface area contributed by atoms with Crippen LogP contribution >= 0.6 is 0 Å². The van der Waals surface area contributed by atoms with Crippen LogP contribution in [-0.4, -0.2) is 39.3 Å². The molecule has 2 heterocycles. The van der Waals surface area contributed by atoms with E-state index in [9.17, 15) is 14.4 Å². The highest BCUT2D eigenvalue weighted by Gasteiger charge is 2.14. The van der Waals surface area contributed by atoms with E-state index in [1.807, 2.05) is 54.7 Å². The Balaban J connectivity index is 0.000000272. The Morgan fingerprint density at radius 1 is 0.871 bits per heavy atom. The molecule has 0 radical (unpaired) electrons. The van der Waals surface area contributed by atoms with Gasteiger partial charge in [0.1, 0.15) is 6.29 Å². The summed E-state index contributed by atoms with van der Waals surface area (Å²) in [5.74, 6) is -2.18. The molecule has 0 saturated carbocycles. The average Bonchev–Trinajstić information content (AvgIpc) is 3.34. The minimum absolute atomic E-state index is 0. The number of ketones is 1. The second-order valence-electron chi connectivity index (χ2n) is 6.08. The molecule has 0 saturated heterocycles. The van der Waals surface area contributed by atoms with Gasteiger partial charge >= 0.3 is 12.1 Å². The van der Waals surface area contributed by atoms with Crippen LogP contribution in [0.25, 0.3) is 21.8 Å². The van der Waals surface area contributed by atoms with Crippen molar-refractivity contribution in [1.82, 2.24) is 9.97 Å². The van der Waals surface area contributed by atoms with Crippen molar-refractivity contribution in [1.29, 1.82) is 0 Å². The lowest BCUT2D eigenvalue weighted by atomic mass is 10.1. The molecule has 2 aromatic carbocycles. The number of carboxylic acid groups (broad SMARTS) is 1. The summed E-state index contributed by atoms with van der Waals surface area (Å²) < 4.78 is 0. The van der Waals surface area contributed by atoms with E-state index in [0.29, 0.717) is 6.42 Å². The van der Waals surface area contributed by atoms with Crippen molar-refractivity contribution in [3.63, 3.8) is 0 Å². The predicted octanol–water partition coefficient (Wildman–Crippen LogP) is 3.33. The number of H-pyrrole nitrogens is 2. The minimum Gasteiger partial charge on any atom is -0.475 e. The van der Waals surface area contributed by atoms with E-state index >= 15 is 0 Å². The number of aliphatic carboxylic acids is 1. The highest BCUT2D eigenvalue weighted by atomic mass is 16.4. The highest BCUT2D eigenvalue weighted by molar-refractivity contribution is 6.33. The number of nitrogens with one attached hydrogen (secondary N) is 2. The van der Waals surface area contributed by atoms with E-state index in [1.54, 1.807) is 6.20 Å².